The van der Waals surface area contributed by atoms with Gasteiger partial charge in [-0.1, -0.05) is 35.5 Å². The molecule has 1 aliphatic heterocycles. The van der Waals surface area contributed by atoms with E-state index in [4.69, 9.17) is 8.94 Å². The van der Waals surface area contributed by atoms with Crippen molar-refractivity contribution in [2.75, 3.05) is 7.05 Å². The summed E-state index contributed by atoms with van der Waals surface area (Å²) in [5.74, 6) is 2.54. The number of amides is 1. The van der Waals surface area contributed by atoms with Gasteiger partial charge in [0.2, 0.25) is 17.6 Å². The molecular formula is C19H21N5O3. The lowest BCUT2D eigenvalue weighted by atomic mass is 10.1. The number of nitrogens with zero attached hydrogens (tertiary/aromatic N) is 3. The molecule has 3 aromatic rings. The van der Waals surface area contributed by atoms with Gasteiger partial charge in [-0.15, -0.1) is 0 Å². The Morgan fingerprint density at radius 3 is 2.78 bits per heavy atom. The van der Waals surface area contributed by atoms with Crippen molar-refractivity contribution in [1.29, 1.82) is 0 Å². The Morgan fingerprint density at radius 1 is 1.22 bits per heavy atom. The van der Waals surface area contributed by atoms with Crippen LogP contribution in [0.4, 0.5) is 0 Å². The fraction of sp³-hybridized carbons (Fsp3) is 0.316. The first kappa shape index (κ1) is 17.4. The third-order valence-corrected chi connectivity index (χ3v) is 4.55. The summed E-state index contributed by atoms with van der Waals surface area (Å²) >= 11 is 0. The van der Waals surface area contributed by atoms with Crippen molar-refractivity contribution in [2.24, 2.45) is 0 Å². The molecular weight excluding hydrogens is 346 g/mol. The van der Waals surface area contributed by atoms with E-state index in [-0.39, 0.29) is 24.5 Å². The van der Waals surface area contributed by atoms with Gasteiger partial charge in [0, 0.05) is 12.6 Å². The Hall–Kier alpha value is -2.97. The highest BCUT2D eigenvalue weighted by atomic mass is 16.5. The number of carbonyl (C=O) groups excluding carboxylic acids is 1. The van der Waals surface area contributed by atoms with Crippen LogP contribution in [0.2, 0.25) is 0 Å². The molecule has 0 spiro atoms. The van der Waals surface area contributed by atoms with Crippen LogP contribution in [-0.2, 0) is 11.3 Å². The van der Waals surface area contributed by atoms with E-state index in [1.807, 2.05) is 49.4 Å². The monoisotopic (exact) mass is 367 g/mol. The highest BCUT2D eigenvalue weighted by Crippen LogP contribution is 2.25. The molecule has 1 saturated heterocycles. The third kappa shape index (κ3) is 3.76. The molecule has 8 heteroatoms. The van der Waals surface area contributed by atoms with Crippen LogP contribution in [0, 0.1) is 6.92 Å². The standard InChI is InChI=1S/C19H21N5O3/c1-12-8-9-16(26-12)14-10-15(22-21-14)19(25)24(2)11-17-20-18(23-27-17)13-6-4-3-5-7-13/h3-9,14-15,21-22H,10-11H2,1-2H3. The second kappa shape index (κ2) is 7.34. The fourth-order valence-electron chi connectivity index (χ4n) is 3.12. The molecule has 1 amide bonds. The topological polar surface area (TPSA) is 96.4 Å². The summed E-state index contributed by atoms with van der Waals surface area (Å²) in [6.07, 6.45) is 0.606. The third-order valence-electron chi connectivity index (χ3n) is 4.55. The molecule has 27 heavy (non-hydrogen) atoms. The van der Waals surface area contributed by atoms with Crippen LogP contribution in [-0.4, -0.2) is 34.0 Å². The predicted octanol–water partition coefficient (Wildman–Crippen LogP) is 2.20. The molecule has 2 aromatic heterocycles. The number of aryl methyl sites for hydroxylation is 1. The quantitative estimate of drug-likeness (QED) is 0.713. The van der Waals surface area contributed by atoms with Crippen molar-refractivity contribution < 1.29 is 13.7 Å². The minimum Gasteiger partial charge on any atom is -0.465 e. The molecule has 3 heterocycles. The molecule has 4 rings (SSSR count). The van der Waals surface area contributed by atoms with Gasteiger partial charge in [0.1, 0.15) is 17.6 Å². The smallest absolute Gasteiger partial charge is 0.246 e. The van der Waals surface area contributed by atoms with Crippen LogP contribution in [0.5, 0.6) is 0 Å². The van der Waals surface area contributed by atoms with E-state index in [1.54, 1.807) is 11.9 Å². The SMILES string of the molecule is Cc1ccc(C2CC(C(=O)N(C)Cc3nc(-c4ccccc4)no3)NN2)o1. The van der Waals surface area contributed by atoms with Crippen LogP contribution >= 0.6 is 0 Å². The molecule has 1 aromatic carbocycles. The Morgan fingerprint density at radius 2 is 2.04 bits per heavy atom. The fourth-order valence-corrected chi connectivity index (χ4v) is 3.12. The van der Waals surface area contributed by atoms with Crippen molar-refractivity contribution in [3.8, 4) is 11.4 Å². The Balaban J connectivity index is 1.37. The zero-order valence-electron chi connectivity index (χ0n) is 15.2. The van der Waals surface area contributed by atoms with Crippen LogP contribution in [0.3, 0.4) is 0 Å². The van der Waals surface area contributed by atoms with Gasteiger partial charge in [-0.25, -0.2) is 10.9 Å². The molecule has 140 valence electrons. The summed E-state index contributed by atoms with van der Waals surface area (Å²) < 4.78 is 10.9. The summed E-state index contributed by atoms with van der Waals surface area (Å²) in [7, 11) is 1.72. The van der Waals surface area contributed by atoms with Gasteiger partial charge in [-0.2, -0.15) is 4.98 Å². The van der Waals surface area contributed by atoms with E-state index in [9.17, 15) is 4.79 Å². The van der Waals surface area contributed by atoms with Crippen molar-refractivity contribution in [3.05, 3.63) is 59.9 Å². The average Bonchev–Trinajstić information content (AvgIpc) is 3.42. The first-order valence-electron chi connectivity index (χ1n) is 8.80. The van der Waals surface area contributed by atoms with Gasteiger partial charge in [0.15, 0.2) is 0 Å². The van der Waals surface area contributed by atoms with Crippen LogP contribution in [0.1, 0.15) is 29.9 Å². The van der Waals surface area contributed by atoms with Crippen LogP contribution in [0.15, 0.2) is 51.4 Å². The lowest BCUT2D eigenvalue weighted by Crippen LogP contribution is -2.43. The lowest BCUT2D eigenvalue weighted by Gasteiger charge is -2.18. The number of hydrazine groups is 1. The second-order valence-electron chi connectivity index (χ2n) is 6.65. The summed E-state index contributed by atoms with van der Waals surface area (Å²) in [6.45, 7) is 2.15. The van der Waals surface area contributed by atoms with Crippen LogP contribution in [0.25, 0.3) is 11.4 Å². The van der Waals surface area contributed by atoms with Gasteiger partial charge in [-0.3, -0.25) is 4.79 Å². The number of carbonyl (C=O) groups is 1. The van der Waals surface area contributed by atoms with Gasteiger partial charge in [0.25, 0.3) is 0 Å². The van der Waals surface area contributed by atoms with E-state index in [0.717, 1.165) is 17.1 Å². The number of likely N-dealkylation sites (N-methyl/N-ethyl adjacent to an activating group) is 1. The van der Waals surface area contributed by atoms with Crippen molar-refractivity contribution in [1.82, 2.24) is 25.9 Å². The van der Waals surface area contributed by atoms with E-state index in [2.05, 4.69) is 21.0 Å². The van der Waals surface area contributed by atoms with Gasteiger partial charge in [0.05, 0.1) is 12.6 Å². The number of nitrogens with one attached hydrogen (secondary N) is 2. The molecule has 1 aliphatic rings. The maximum atomic E-state index is 12.7. The molecule has 1 fully saturated rings. The minimum atomic E-state index is -0.345. The zero-order valence-corrected chi connectivity index (χ0v) is 15.2. The van der Waals surface area contributed by atoms with E-state index < -0.39 is 0 Å². The summed E-state index contributed by atoms with van der Waals surface area (Å²) in [4.78, 5) is 18.7. The summed E-state index contributed by atoms with van der Waals surface area (Å²) in [6, 6.07) is 13.0. The number of furan rings is 1. The van der Waals surface area contributed by atoms with E-state index >= 15 is 0 Å². The average molecular weight is 367 g/mol. The second-order valence-corrected chi connectivity index (χ2v) is 6.65. The molecule has 2 N–H and O–H groups in total. The molecule has 0 radical (unpaired) electrons. The maximum Gasteiger partial charge on any atom is 0.246 e. The van der Waals surface area contributed by atoms with Crippen molar-refractivity contribution in [2.45, 2.75) is 32.0 Å². The van der Waals surface area contributed by atoms with Gasteiger partial charge < -0.3 is 13.8 Å². The van der Waals surface area contributed by atoms with Crippen molar-refractivity contribution >= 4 is 5.91 Å². The number of benzene rings is 1. The Labute approximate surface area is 156 Å². The van der Waals surface area contributed by atoms with E-state index in [0.29, 0.717) is 18.1 Å². The van der Waals surface area contributed by atoms with Crippen molar-refractivity contribution in [3.63, 3.8) is 0 Å². The van der Waals surface area contributed by atoms with Gasteiger partial charge in [-0.05, 0) is 25.5 Å². The molecule has 8 nitrogen and oxygen atoms in total. The highest BCUT2D eigenvalue weighted by Gasteiger charge is 2.33. The number of hydrogen-bond acceptors (Lipinski definition) is 7. The molecule has 0 bridgehead atoms. The van der Waals surface area contributed by atoms with E-state index in [1.165, 1.54) is 0 Å². The first-order valence-corrected chi connectivity index (χ1v) is 8.80. The Kier molecular flexibility index (Phi) is 4.74. The predicted molar refractivity (Wildman–Crippen MR) is 97.1 cm³/mol. The molecule has 2 unspecified atom stereocenters. The minimum absolute atomic E-state index is 0.0332. The number of hydrogen-bond donors (Lipinski definition) is 2. The maximum absolute atomic E-state index is 12.7. The van der Waals surface area contributed by atoms with Gasteiger partial charge >= 0.3 is 0 Å². The molecule has 0 aliphatic carbocycles. The molecule has 0 saturated carbocycles. The Bertz CT molecular complexity index is 920. The van der Waals surface area contributed by atoms with Crippen LogP contribution < -0.4 is 10.9 Å². The zero-order chi connectivity index (χ0) is 18.8. The highest BCUT2D eigenvalue weighted by molar-refractivity contribution is 5.81. The summed E-state index contributed by atoms with van der Waals surface area (Å²) in [5, 5.41) is 3.99. The lowest BCUT2D eigenvalue weighted by molar-refractivity contribution is -0.132. The first-order chi connectivity index (χ1) is 13.1. The summed E-state index contributed by atoms with van der Waals surface area (Å²) in [5.41, 5.74) is 7.04. The number of rotatable bonds is 5. The largest absolute Gasteiger partial charge is 0.465 e. The normalized spacial score (nSPS) is 19.3. The number of aromatic nitrogens is 2. The molecule has 2 atom stereocenters.